The van der Waals surface area contributed by atoms with Crippen molar-refractivity contribution in [2.45, 2.75) is 63.8 Å². The third kappa shape index (κ3) is 3.27. The number of carbonyl (C=O) groups excluding carboxylic acids is 2. The third-order valence-corrected chi connectivity index (χ3v) is 8.82. The number of piperidine rings is 1. The zero-order chi connectivity index (χ0) is 18.4. The molecule has 3 heterocycles. The monoisotopic (exact) mass is 382 g/mol. The first-order chi connectivity index (χ1) is 12.4. The molecule has 4 fully saturated rings. The van der Waals surface area contributed by atoms with Crippen molar-refractivity contribution in [1.82, 2.24) is 9.80 Å². The van der Waals surface area contributed by atoms with E-state index in [1.165, 1.54) is 12.8 Å². The average molecular weight is 383 g/mol. The zero-order valence-electron chi connectivity index (χ0n) is 15.5. The standard InChI is InChI=1S/C19H30N2O4S/c22-17(15-6-12-26(24,25)13-7-15)20-11-9-19(14-20)8-3-10-21(18(19)23)16-4-1-2-5-16/h15-16H,1-14H2. The van der Waals surface area contributed by atoms with Crippen molar-refractivity contribution in [3.05, 3.63) is 0 Å². The number of sulfone groups is 1. The Morgan fingerprint density at radius 1 is 0.962 bits per heavy atom. The Kier molecular flexibility index (Phi) is 4.78. The molecule has 1 spiro atoms. The molecule has 6 nitrogen and oxygen atoms in total. The summed E-state index contributed by atoms with van der Waals surface area (Å²) < 4.78 is 23.2. The second-order valence-corrected chi connectivity index (χ2v) is 11.1. The van der Waals surface area contributed by atoms with Crippen LogP contribution in [0.15, 0.2) is 0 Å². The molecule has 0 aromatic heterocycles. The molecule has 7 heteroatoms. The summed E-state index contributed by atoms with van der Waals surface area (Å²) in [7, 11) is -2.96. The van der Waals surface area contributed by atoms with Gasteiger partial charge in [0.05, 0.1) is 16.9 Å². The lowest BCUT2D eigenvalue weighted by Crippen LogP contribution is -2.53. The highest BCUT2D eigenvalue weighted by molar-refractivity contribution is 7.91. The van der Waals surface area contributed by atoms with Gasteiger partial charge >= 0.3 is 0 Å². The SMILES string of the molecule is O=C(C1CCS(=O)(=O)CC1)N1CCC2(CCCN(C3CCCC3)C2=O)C1. The predicted molar refractivity (Wildman–Crippen MR) is 98.2 cm³/mol. The summed E-state index contributed by atoms with van der Waals surface area (Å²) in [4.78, 5) is 30.1. The van der Waals surface area contributed by atoms with Crippen LogP contribution in [0.5, 0.6) is 0 Å². The quantitative estimate of drug-likeness (QED) is 0.727. The fraction of sp³-hybridized carbons (Fsp3) is 0.895. The Morgan fingerprint density at radius 3 is 2.35 bits per heavy atom. The highest BCUT2D eigenvalue weighted by Crippen LogP contribution is 2.42. The van der Waals surface area contributed by atoms with Gasteiger partial charge in [0.15, 0.2) is 0 Å². The number of likely N-dealkylation sites (tertiary alicyclic amines) is 2. The maximum atomic E-state index is 13.3. The molecule has 3 aliphatic heterocycles. The smallest absolute Gasteiger partial charge is 0.230 e. The Bertz CT molecular complexity index is 672. The summed E-state index contributed by atoms with van der Waals surface area (Å²) in [6.07, 6.45) is 8.25. The number of amides is 2. The maximum Gasteiger partial charge on any atom is 0.230 e. The summed E-state index contributed by atoms with van der Waals surface area (Å²) in [5, 5.41) is 0. The van der Waals surface area contributed by atoms with Crippen molar-refractivity contribution in [2.24, 2.45) is 11.3 Å². The molecule has 0 N–H and O–H groups in total. The van der Waals surface area contributed by atoms with Crippen molar-refractivity contribution in [2.75, 3.05) is 31.1 Å². The third-order valence-electron chi connectivity index (χ3n) is 7.10. The molecule has 4 aliphatic rings. The van der Waals surface area contributed by atoms with Crippen molar-refractivity contribution < 1.29 is 18.0 Å². The van der Waals surface area contributed by atoms with Crippen LogP contribution in [0, 0.1) is 11.3 Å². The molecule has 1 unspecified atom stereocenters. The minimum atomic E-state index is -2.96. The minimum Gasteiger partial charge on any atom is -0.341 e. The van der Waals surface area contributed by atoms with E-state index in [0.717, 1.165) is 38.6 Å². The number of rotatable bonds is 2. The Balaban J connectivity index is 1.42. The minimum absolute atomic E-state index is 0.0718. The van der Waals surface area contributed by atoms with E-state index in [2.05, 4.69) is 4.90 Å². The van der Waals surface area contributed by atoms with E-state index in [1.807, 2.05) is 4.90 Å². The largest absolute Gasteiger partial charge is 0.341 e. The lowest BCUT2D eigenvalue weighted by atomic mass is 9.77. The lowest BCUT2D eigenvalue weighted by molar-refractivity contribution is -0.149. The Labute approximate surface area is 156 Å². The fourth-order valence-corrected chi connectivity index (χ4v) is 6.99. The van der Waals surface area contributed by atoms with Crippen LogP contribution in [0.25, 0.3) is 0 Å². The van der Waals surface area contributed by atoms with Gasteiger partial charge in [0.2, 0.25) is 11.8 Å². The molecule has 0 bridgehead atoms. The van der Waals surface area contributed by atoms with Gasteiger partial charge < -0.3 is 9.80 Å². The molecule has 0 aromatic carbocycles. The van der Waals surface area contributed by atoms with E-state index in [-0.39, 0.29) is 34.7 Å². The molecule has 26 heavy (non-hydrogen) atoms. The molecular weight excluding hydrogens is 352 g/mol. The molecule has 1 aliphatic carbocycles. The zero-order valence-corrected chi connectivity index (χ0v) is 16.3. The van der Waals surface area contributed by atoms with Gasteiger partial charge in [0.1, 0.15) is 9.84 Å². The first kappa shape index (κ1) is 18.3. The van der Waals surface area contributed by atoms with Gasteiger partial charge in [-0.2, -0.15) is 0 Å². The van der Waals surface area contributed by atoms with Crippen LogP contribution < -0.4 is 0 Å². The van der Waals surface area contributed by atoms with Crippen molar-refractivity contribution >= 4 is 21.7 Å². The van der Waals surface area contributed by atoms with Gasteiger partial charge in [-0.1, -0.05) is 12.8 Å². The summed E-state index contributed by atoms with van der Waals surface area (Å²) in [5.41, 5.74) is -0.378. The lowest BCUT2D eigenvalue weighted by Gasteiger charge is -2.42. The van der Waals surface area contributed by atoms with Crippen LogP contribution in [0.4, 0.5) is 0 Å². The molecule has 2 amide bonds. The van der Waals surface area contributed by atoms with Crippen LogP contribution in [0.1, 0.15) is 57.8 Å². The van der Waals surface area contributed by atoms with Crippen molar-refractivity contribution in [3.63, 3.8) is 0 Å². The van der Waals surface area contributed by atoms with Crippen molar-refractivity contribution in [1.29, 1.82) is 0 Å². The van der Waals surface area contributed by atoms with E-state index in [1.54, 1.807) is 0 Å². The molecular formula is C19H30N2O4S. The molecule has 146 valence electrons. The Morgan fingerprint density at radius 2 is 1.65 bits per heavy atom. The fourth-order valence-electron chi connectivity index (χ4n) is 5.50. The summed E-state index contributed by atoms with van der Waals surface area (Å²) in [6, 6.07) is 0.410. The number of carbonyl (C=O) groups is 2. The summed E-state index contributed by atoms with van der Waals surface area (Å²) in [5.74, 6) is 0.408. The van der Waals surface area contributed by atoms with Gasteiger partial charge in [0, 0.05) is 31.6 Å². The molecule has 0 radical (unpaired) electrons. The highest BCUT2D eigenvalue weighted by atomic mass is 32.2. The first-order valence-electron chi connectivity index (χ1n) is 10.2. The van der Waals surface area contributed by atoms with Crippen LogP contribution in [0.2, 0.25) is 0 Å². The summed E-state index contributed by atoms with van der Waals surface area (Å²) in [6.45, 7) is 2.06. The number of nitrogens with zero attached hydrogens (tertiary/aromatic N) is 2. The number of hydrogen-bond acceptors (Lipinski definition) is 4. The Hall–Kier alpha value is -1.11. The summed E-state index contributed by atoms with van der Waals surface area (Å²) >= 11 is 0. The van der Waals surface area contributed by atoms with E-state index in [0.29, 0.717) is 32.0 Å². The first-order valence-corrected chi connectivity index (χ1v) is 12.0. The maximum absolute atomic E-state index is 13.3. The highest BCUT2D eigenvalue weighted by Gasteiger charge is 2.51. The number of hydrogen-bond donors (Lipinski definition) is 0. The molecule has 1 atom stereocenters. The van der Waals surface area contributed by atoms with Gasteiger partial charge in [0.25, 0.3) is 0 Å². The van der Waals surface area contributed by atoms with Gasteiger partial charge in [-0.05, 0) is 44.9 Å². The predicted octanol–water partition coefficient (Wildman–Crippen LogP) is 1.59. The van der Waals surface area contributed by atoms with Crippen LogP contribution >= 0.6 is 0 Å². The van der Waals surface area contributed by atoms with Gasteiger partial charge in [-0.3, -0.25) is 9.59 Å². The van der Waals surface area contributed by atoms with Crippen LogP contribution in [-0.4, -0.2) is 67.2 Å². The van der Waals surface area contributed by atoms with E-state index in [9.17, 15) is 18.0 Å². The molecule has 0 aromatic rings. The second-order valence-electron chi connectivity index (χ2n) is 8.76. The normalized spacial score (nSPS) is 33.3. The second kappa shape index (κ2) is 6.80. The van der Waals surface area contributed by atoms with Gasteiger partial charge in [-0.15, -0.1) is 0 Å². The van der Waals surface area contributed by atoms with E-state index < -0.39 is 9.84 Å². The van der Waals surface area contributed by atoms with Crippen molar-refractivity contribution in [3.8, 4) is 0 Å². The van der Waals surface area contributed by atoms with E-state index >= 15 is 0 Å². The molecule has 3 saturated heterocycles. The molecule has 1 saturated carbocycles. The van der Waals surface area contributed by atoms with Gasteiger partial charge in [-0.25, -0.2) is 8.42 Å². The van der Waals surface area contributed by atoms with E-state index in [4.69, 9.17) is 0 Å². The average Bonchev–Trinajstić information content (AvgIpc) is 3.28. The van der Waals surface area contributed by atoms with Crippen LogP contribution in [0.3, 0.4) is 0 Å². The van der Waals surface area contributed by atoms with Crippen LogP contribution in [-0.2, 0) is 19.4 Å². The molecule has 4 rings (SSSR count). The topological polar surface area (TPSA) is 74.8 Å².